The maximum atomic E-state index is 12.3. The topological polar surface area (TPSA) is 32.8 Å². The minimum absolute atomic E-state index is 0.177. The van der Waals surface area contributed by atoms with Crippen molar-refractivity contribution in [3.8, 4) is 0 Å². The van der Waals surface area contributed by atoms with Gasteiger partial charge in [-0.3, -0.25) is 4.79 Å². The van der Waals surface area contributed by atoms with Crippen LogP contribution in [-0.4, -0.2) is 49.7 Å². The van der Waals surface area contributed by atoms with Gasteiger partial charge in [-0.05, 0) is 31.0 Å². The number of rotatable bonds is 2. The normalized spacial score (nSPS) is 23.1. The van der Waals surface area contributed by atoms with Gasteiger partial charge in [0.05, 0.1) is 0 Å². The third-order valence-corrected chi connectivity index (χ3v) is 4.46. The lowest BCUT2D eigenvalue weighted by atomic mass is 10.2. The molecule has 3 rings (SSSR count). The molecule has 0 spiro atoms. The zero-order valence-electron chi connectivity index (χ0n) is 11.4. The zero-order chi connectivity index (χ0) is 13.9. The summed E-state index contributed by atoms with van der Waals surface area (Å²) in [4.78, 5) is 16.5. The molecule has 0 aromatic heterocycles. The molecule has 0 N–H and O–H groups in total. The highest BCUT2D eigenvalue weighted by Gasteiger charge is 2.30. The van der Waals surface area contributed by atoms with E-state index in [0.29, 0.717) is 0 Å². The van der Waals surface area contributed by atoms with Crippen LogP contribution in [0, 0.1) is 0 Å². The van der Waals surface area contributed by atoms with Crippen molar-refractivity contribution in [3.63, 3.8) is 0 Å². The molecule has 2 heterocycles. The molecule has 20 heavy (non-hydrogen) atoms. The third kappa shape index (κ3) is 2.99. The van der Waals surface area contributed by atoms with Gasteiger partial charge in [-0.25, -0.2) is 0 Å². The lowest BCUT2D eigenvalue weighted by Gasteiger charge is -2.37. The average Bonchev–Trinajstić information content (AvgIpc) is 3.01. The Labute approximate surface area is 127 Å². The fraction of sp³-hybridized carbons (Fsp3) is 0.533. The van der Waals surface area contributed by atoms with Crippen molar-refractivity contribution in [2.45, 2.75) is 18.9 Å². The molecule has 5 heteroatoms. The molecule has 1 amide bonds. The van der Waals surface area contributed by atoms with Crippen molar-refractivity contribution in [3.05, 3.63) is 28.7 Å². The fourth-order valence-electron chi connectivity index (χ4n) is 2.83. The van der Waals surface area contributed by atoms with Crippen molar-refractivity contribution in [2.24, 2.45) is 0 Å². The number of carbonyl (C=O) groups is 1. The van der Waals surface area contributed by atoms with Crippen LogP contribution < -0.4 is 4.90 Å². The van der Waals surface area contributed by atoms with E-state index >= 15 is 0 Å². The maximum Gasteiger partial charge on any atom is 0.251 e. The van der Waals surface area contributed by atoms with Crippen molar-refractivity contribution in [2.75, 3.05) is 37.7 Å². The summed E-state index contributed by atoms with van der Waals surface area (Å²) in [7, 11) is 0. The van der Waals surface area contributed by atoms with Gasteiger partial charge in [-0.15, -0.1) is 0 Å². The summed E-state index contributed by atoms with van der Waals surface area (Å²) >= 11 is 3.50. The number of halogens is 1. The second-order valence-electron chi connectivity index (χ2n) is 5.29. The molecule has 0 radical (unpaired) electrons. The molecule has 4 nitrogen and oxygen atoms in total. The first-order valence-electron chi connectivity index (χ1n) is 7.15. The Hall–Kier alpha value is -1.07. The largest absolute Gasteiger partial charge is 0.368 e. The molecule has 2 aliphatic rings. The zero-order valence-corrected chi connectivity index (χ0v) is 13.0. The number of hydrogen-bond acceptors (Lipinski definition) is 3. The molecule has 2 aliphatic heterocycles. The van der Waals surface area contributed by atoms with Crippen molar-refractivity contribution < 1.29 is 9.53 Å². The molecule has 0 bridgehead atoms. The van der Waals surface area contributed by atoms with Gasteiger partial charge < -0.3 is 14.5 Å². The predicted molar refractivity (Wildman–Crippen MR) is 81.9 cm³/mol. The number of anilines is 1. The molecule has 1 aromatic carbocycles. The molecule has 1 unspecified atom stereocenters. The Morgan fingerprint density at radius 2 is 2.05 bits per heavy atom. The van der Waals surface area contributed by atoms with E-state index in [4.69, 9.17) is 4.74 Å². The van der Waals surface area contributed by atoms with Crippen LogP contribution in [-0.2, 0) is 9.53 Å². The van der Waals surface area contributed by atoms with Crippen molar-refractivity contribution in [1.82, 2.24) is 4.90 Å². The van der Waals surface area contributed by atoms with Crippen molar-refractivity contribution >= 4 is 27.5 Å². The molecule has 2 saturated heterocycles. The molecule has 1 atom stereocenters. The summed E-state index contributed by atoms with van der Waals surface area (Å²) in [5, 5.41) is 0. The molecule has 108 valence electrons. The van der Waals surface area contributed by atoms with Crippen LogP contribution >= 0.6 is 15.9 Å². The minimum Gasteiger partial charge on any atom is -0.368 e. The van der Waals surface area contributed by atoms with Gasteiger partial charge in [0.2, 0.25) is 0 Å². The van der Waals surface area contributed by atoms with Gasteiger partial charge in [-0.2, -0.15) is 0 Å². The molecule has 0 saturated carbocycles. The quantitative estimate of drug-likeness (QED) is 0.829. The molecule has 0 aliphatic carbocycles. The Morgan fingerprint density at radius 1 is 1.25 bits per heavy atom. The van der Waals surface area contributed by atoms with E-state index in [2.05, 4.69) is 33.0 Å². The van der Waals surface area contributed by atoms with Crippen molar-refractivity contribution in [1.29, 1.82) is 0 Å². The van der Waals surface area contributed by atoms with Gasteiger partial charge in [-0.1, -0.05) is 22.0 Å². The highest BCUT2D eigenvalue weighted by molar-refractivity contribution is 9.10. The Kier molecular flexibility index (Phi) is 4.27. The molecular weight excluding hydrogens is 320 g/mol. The van der Waals surface area contributed by atoms with E-state index in [1.807, 2.05) is 17.0 Å². The number of amides is 1. The first-order valence-corrected chi connectivity index (χ1v) is 7.94. The van der Waals surface area contributed by atoms with E-state index in [1.54, 1.807) is 0 Å². The van der Waals surface area contributed by atoms with Gasteiger partial charge in [0.1, 0.15) is 6.10 Å². The Balaban J connectivity index is 1.58. The van der Waals surface area contributed by atoms with Gasteiger partial charge >= 0.3 is 0 Å². The number of carbonyl (C=O) groups excluding carboxylic acids is 1. The summed E-state index contributed by atoms with van der Waals surface area (Å²) in [5.41, 5.74) is 1.21. The number of piperazine rings is 1. The number of nitrogens with zero attached hydrogens (tertiary/aromatic N) is 2. The first kappa shape index (κ1) is 13.9. The summed E-state index contributed by atoms with van der Waals surface area (Å²) in [6.07, 6.45) is 1.70. The standard InChI is InChI=1S/C15H19BrN2O2/c16-12-3-1-4-13(11-12)17-6-8-18(9-7-17)15(19)14-5-2-10-20-14/h1,3-4,11,14H,2,5-10H2. The highest BCUT2D eigenvalue weighted by atomic mass is 79.9. The Bertz CT molecular complexity index is 481. The van der Waals surface area contributed by atoms with Crippen LogP contribution in [0.3, 0.4) is 0 Å². The van der Waals surface area contributed by atoms with Gasteiger partial charge in [0, 0.05) is 42.9 Å². The molecule has 2 fully saturated rings. The number of ether oxygens (including phenoxy) is 1. The molecular formula is C15H19BrN2O2. The highest BCUT2D eigenvalue weighted by Crippen LogP contribution is 2.22. The van der Waals surface area contributed by atoms with Gasteiger partial charge in [0.15, 0.2) is 0 Å². The number of hydrogen-bond donors (Lipinski definition) is 0. The van der Waals surface area contributed by atoms with Crippen LogP contribution in [0.25, 0.3) is 0 Å². The summed E-state index contributed by atoms with van der Waals surface area (Å²) in [6, 6.07) is 8.31. The van der Waals surface area contributed by atoms with Crippen LogP contribution in [0.15, 0.2) is 28.7 Å². The van der Waals surface area contributed by atoms with E-state index in [9.17, 15) is 4.79 Å². The van der Waals surface area contributed by atoms with Crippen LogP contribution in [0.5, 0.6) is 0 Å². The SMILES string of the molecule is O=C(C1CCCO1)N1CCN(c2cccc(Br)c2)CC1. The minimum atomic E-state index is -0.188. The summed E-state index contributed by atoms with van der Waals surface area (Å²) < 4.78 is 6.57. The summed E-state index contributed by atoms with van der Waals surface area (Å²) in [5.74, 6) is 0.177. The first-order chi connectivity index (χ1) is 9.74. The van der Waals surface area contributed by atoms with E-state index in [-0.39, 0.29) is 12.0 Å². The Morgan fingerprint density at radius 3 is 2.70 bits per heavy atom. The van der Waals surface area contributed by atoms with E-state index in [0.717, 1.165) is 50.1 Å². The second kappa shape index (κ2) is 6.14. The smallest absolute Gasteiger partial charge is 0.251 e. The summed E-state index contributed by atoms with van der Waals surface area (Å²) in [6.45, 7) is 4.06. The number of benzene rings is 1. The predicted octanol–water partition coefficient (Wildman–Crippen LogP) is 2.28. The van der Waals surface area contributed by atoms with Crippen LogP contribution in [0.1, 0.15) is 12.8 Å². The van der Waals surface area contributed by atoms with Gasteiger partial charge in [0.25, 0.3) is 5.91 Å². The lowest BCUT2D eigenvalue weighted by molar-refractivity contribution is -0.141. The van der Waals surface area contributed by atoms with Crippen LogP contribution in [0.4, 0.5) is 5.69 Å². The fourth-order valence-corrected chi connectivity index (χ4v) is 3.22. The monoisotopic (exact) mass is 338 g/mol. The van der Waals surface area contributed by atoms with E-state index < -0.39 is 0 Å². The third-order valence-electron chi connectivity index (χ3n) is 3.97. The molecule has 1 aromatic rings. The maximum absolute atomic E-state index is 12.3. The average molecular weight is 339 g/mol. The van der Waals surface area contributed by atoms with E-state index in [1.165, 1.54) is 5.69 Å². The second-order valence-corrected chi connectivity index (χ2v) is 6.21. The van der Waals surface area contributed by atoms with Crippen LogP contribution in [0.2, 0.25) is 0 Å². The lowest BCUT2D eigenvalue weighted by Crippen LogP contribution is -2.51.